The van der Waals surface area contributed by atoms with Gasteiger partial charge in [0.1, 0.15) is 18.3 Å². The SMILES string of the molecule is CCNC(=O)C(Cc1ccccc1)N(Cc1c(Cl)cccc1Cl)C(=O)CN(c1cc(Cl)ccc1OC)S(=O)(=O)c1ccc(C)c([N+](=O)[O-])c1. The lowest BCUT2D eigenvalue weighted by molar-refractivity contribution is -0.385. The lowest BCUT2D eigenvalue weighted by atomic mass is 10.0. The highest BCUT2D eigenvalue weighted by molar-refractivity contribution is 7.92. The highest BCUT2D eigenvalue weighted by Gasteiger charge is 2.36. The van der Waals surface area contributed by atoms with E-state index in [9.17, 15) is 28.1 Å². The Morgan fingerprint density at radius 1 is 0.959 bits per heavy atom. The number of nitro benzene ring substituents is 1. The molecule has 1 N–H and O–H groups in total. The molecule has 0 aliphatic heterocycles. The number of hydrogen-bond acceptors (Lipinski definition) is 7. The van der Waals surface area contributed by atoms with Crippen molar-refractivity contribution in [2.24, 2.45) is 0 Å². The minimum absolute atomic E-state index is 0.0487. The summed E-state index contributed by atoms with van der Waals surface area (Å²) in [7, 11) is -3.41. The zero-order valence-electron chi connectivity index (χ0n) is 26.7. The number of halogens is 3. The number of carbonyl (C=O) groups excluding carboxylic acids is 2. The summed E-state index contributed by atoms with van der Waals surface area (Å²) in [5.74, 6) is -1.25. The van der Waals surface area contributed by atoms with Gasteiger partial charge >= 0.3 is 0 Å². The van der Waals surface area contributed by atoms with Crippen molar-refractivity contribution in [3.63, 3.8) is 0 Å². The number of amides is 2. The molecule has 49 heavy (non-hydrogen) atoms. The molecule has 0 aliphatic carbocycles. The fraction of sp³-hybridized carbons (Fsp3) is 0.235. The van der Waals surface area contributed by atoms with Crippen molar-refractivity contribution >= 4 is 68.0 Å². The number of nitrogens with one attached hydrogen (secondary N) is 1. The number of carbonyl (C=O) groups is 2. The fourth-order valence-electron chi connectivity index (χ4n) is 5.14. The van der Waals surface area contributed by atoms with E-state index in [1.807, 2.05) is 6.07 Å². The van der Waals surface area contributed by atoms with Gasteiger partial charge in [0.2, 0.25) is 11.8 Å². The first-order valence-corrected chi connectivity index (χ1v) is 17.5. The van der Waals surface area contributed by atoms with Crippen LogP contribution in [0.15, 0.2) is 89.8 Å². The quantitative estimate of drug-likeness (QED) is 0.110. The molecule has 0 heterocycles. The Labute approximate surface area is 299 Å². The van der Waals surface area contributed by atoms with Crippen molar-refractivity contribution in [3.05, 3.63) is 127 Å². The van der Waals surface area contributed by atoms with Crippen LogP contribution >= 0.6 is 34.8 Å². The van der Waals surface area contributed by atoms with E-state index < -0.39 is 49.9 Å². The molecule has 0 radical (unpaired) electrons. The third-order valence-corrected chi connectivity index (χ3v) is 10.4. The van der Waals surface area contributed by atoms with Crippen molar-refractivity contribution in [2.75, 3.05) is 24.5 Å². The van der Waals surface area contributed by atoms with Gasteiger partial charge in [-0.3, -0.25) is 24.0 Å². The minimum atomic E-state index is -4.72. The zero-order valence-corrected chi connectivity index (χ0v) is 29.8. The number of aryl methyl sites for hydroxylation is 1. The molecule has 4 rings (SSSR count). The lowest BCUT2D eigenvalue weighted by Crippen LogP contribution is -2.53. The summed E-state index contributed by atoms with van der Waals surface area (Å²) in [5.41, 5.74) is 0.764. The van der Waals surface area contributed by atoms with Crippen LogP contribution in [-0.2, 0) is 32.6 Å². The molecule has 0 spiro atoms. The number of ether oxygens (including phenoxy) is 1. The lowest BCUT2D eigenvalue weighted by Gasteiger charge is -2.34. The number of sulfonamides is 1. The van der Waals surface area contributed by atoms with Crippen LogP contribution in [-0.4, -0.2) is 56.3 Å². The summed E-state index contributed by atoms with van der Waals surface area (Å²) in [4.78, 5) is 40.2. The van der Waals surface area contributed by atoms with Crippen molar-refractivity contribution in [1.29, 1.82) is 0 Å². The van der Waals surface area contributed by atoms with Crippen LogP contribution in [0.3, 0.4) is 0 Å². The summed E-state index contributed by atoms with van der Waals surface area (Å²) >= 11 is 19.4. The summed E-state index contributed by atoms with van der Waals surface area (Å²) in [6.07, 6.45) is 0.0673. The first-order chi connectivity index (χ1) is 23.3. The number of nitro groups is 1. The van der Waals surface area contributed by atoms with Gasteiger partial charge in [-0.05, 0) is 55.8 Å². The predicted molar refractivity (Wildman–Crippen MR) is 190 cm³/mol. The van der Waals surface area contributed by atoms with Gasteiger partial charge in [0.15, 0.2) is 0 Å². The first-order valence-electron chi connectivity index (χ1n) is 14.9. The van der Waals surface area contributed by atoms with Crippen LogP contribution in [0, 0.1) is 17.0 Å². The Hall–Kier alpha value is -4.36. The van der Waals surface area contributed by atoms with Crippen LogP contribution < -0.4 is 14.4 Å². The van der Waals surface area contributed by atoms with Gasteiger partial charge in [-0.25, -0.2) is 8.42 Å². The van der Waals surface area contributed by atoms with E-state index in [-0.39, 0.29) is 51.6 Å². The summed E-state index contributed by atoms with van der Waals surface area (Å²) in [6.45, 7) is 2.33. The zero-order chi connectivity index (χ0) is 35.9. The van der Waals surface area contributed by atoms with Crippen molar-refractivity contribution in [3.8, 4) is 5.75 Å². The Morgan fingerprint density at radius 3 is 2.24 bits per heavy atom. The van der Waals surface area contributed by atoms with Gasteiger partial charge in [-0.2, -0.15) is 0 Å². The second-order valence-electron chi connectivity index (χ2n) is 10.9. The highest BCUT2D eigenvalue weighted by Crippen LogP contribution is 2.36. The molecule has 0 saturated carbocycles. The largest absolute Gasteiger partial charge is 0.495 e. The average molecular weight is 748 g/mol. The van der Waals surface area contributed by atoms with Crippen LogP contribution in [0.25, 0.3) is 0 Å². The smallest absolute Gasteiger partial charge is 0.273 e. The van der Waals surface area contributed by atoms with E-state index in [1.165, 1.54) is 49.3 Å². The number of nitrogens with zero attached hydrogens (tertiary/aromatic N) is 3. The molecule has 4 aromatic carbocycles. The van der Waals surface area contributed by atoms with E-state index in [4.69, 9.17) is 39.5 Å². The molecule has 2 amide bonds. The molecular weight excluding hydrogens is 715 g/mol. The summed E-state index contributed by atoms with van der Waals surface area (Å²) < 4.78 is 35.1. The van der Waals surface area contributed by atoms with Gasteiger partial charge in [0.05, 0.1) is 22.6 Å². The maximum Gasteiger partial charge on any atom is 0.273 e. The van der Waals surface area contributed by atoms with Crippen LogP contribution in [0.2, 0.25) is 15.1 Å². The van der Waals surface area contributed by atoms with Crippen molar-refractivity contribution in [2.45, 2.75) is 37.8 Å². The number of anilines is 1. The molecule has 1 unspecified atom stereocenters. The third kappa shape index (κ3) is 8.82. The van der Waals surface area contributed by atoms with Crippen molar-refractivity contribution in [1.82, 2.24) is 10.2 Å². The molecular formula is C34H33Cl3N4O7S. The molecule has 0 saturated heterocycles. The Morgan fingerprint density at radius 2 is 1.63 bits per heavy atom. The van der Waals surface area contributed by atoms with Crippen LogP contribution in [0.5, 0.6) is 5.75 Å². The van der Waals surface area contributed by atoms with E-state index in [2.05, 4.69) is 5.32 Å². The standard InChI is InChI=1S/C34H33Cl3N4O7S/c1-4-38-34(43)31(17-23-9-6-5-7-10-23)39(20-26-27(36)11-8-12-28(26)37)33(42)21-40(30-18-24(35)14-16-32(30)48-3)49(46,47)25-15-13-22(2)29(19-25)41(44)45/h5-16,18-19,31H,4,17,20-21H2,1-3H3,(H,38,43). The molecule has 0 aromatic heterocycles. The van der Waals surface area contributed by atoms with Gasteiger partial charge in [-0.1, -0.05) is 77.3 Å². The molecule has 1 atom stereocenters. The van der Waals surface area contributed by atoms with E-state index in [1.54, 1.807) is 49.4 Å². The Bertz CT molecular complexity index is 1940. The Kier molecular flexibility index (Phi) is 12.5. The molecule has 258 valence electrons. The number of hydrogen-bond donors (Lipinski definition) is 1. The maximum absolute atomic E-state index is 14.7. The molecule has 0 fully saturated rings. The summed E-state index contributed by atoms with van der Waals surface area (Å²) in [6, 6.07) is 20.3. The third-order valence-electron chi connectivity index (χ3n) is 7.67. The molecule has 15 heteroatoms. The van der Waals surface area contributed by atoms with Gasteiger partial charge in [-0.15, -0.1) is 0 Å². The Balaban J connectivity index is 1.92. The number of likely N-dealkylation sites (N-methyl/N-ethyl adjacent to an activating group) is 1. The van der Waals surface area contributed by atoms with Gasteiger partial charge < -0.3 is 15.0 Å². The second kappa shape index (κ2) is 16.4. The number of rotatable bonds is 14. The van der Waals surface area contributed by atoms with Gasteiger partial charge in [0.25, 0.3) is 15.7 Å². The fourth-order valence-corrected chi connectivity index (χ4v) is 7.27. The van der Waals surface area contributed by atoms with E-state index >= 15 is 0 Å². The summed E-state index contributed by atoms with van der Waals surface area (Å²) in [5, 5.41) is 15.1. The van der Waals surface area contributed by atoms with E-state index in [0.717, 1.165) is 15.9 Å². The molecule has 4 aromatic rings. The highest BCUT2D eigenvalue weighted by atomic mass is 35.5. The maximum atomic E-state index is 14.7. The number of methoxy groups -OCH3 is 1. The molecule has 0 aliphatic rings. The monoisotopic (exact) mass is 746 g/mol. The molecule has 11 nitrogen and oxygen atoms in total. The second-order valence-corrected chi connectivity index (χ2v) is 14.0. The average Bonchev–Trinajstić information content (AvgIpc) is 3.06. The first kappa shape index (κ1) is 37.5. The predicted octanol–water partition coefficient (Wildman–Crippen LogP) is 6.84. The normalized spacial score (nSPS) is 11.8. The molecule has 0 bridgehead atoms. The van der Waals surface area contributed by atoms with Crippen LogP contribution in [0.4, 0.5) is 11.4 Å². The van der Waals surface area contributed by atoms with Gasteiger partial charge in [0, 0.05) is 51.8 Å². The van der Waals surface area contributed by atoms with Crippen molar-refractivity contribution < 1.29 is 27.7 Å². The topological polar surface area (TPSA) is 139 Å². The minimum Gasteiger partial charge on any atom is -0.495 e. The van der Waals surface area contributed by atoms with Crippen LogP contribution in [0.1, 0.15) is 23.6 Å². The van der Waals surface area contributed by atoms with E-state index in [0.29, 0.717) is 5.56 Å². The number of benzene rings is 4.